The van der Waals surface area contributed by atoms with Gasteiger partial charge in [-0.3, -0.25) is 14.5 Å². The maximum atomic E-state index is 13.0. The number of hydrogen-bond acceptors (Lipinski definition) is 9. The molecular weight excluding hydrogens is 424 g/mol. The van der Waals surface area contributed by atoms with E-state index in [-0.39, 0.29) is 28.0 Å². The summed E-state index contributed by atoms with van der Waals surface area (Å²) >= 11 is 0. The van der Waals surface area contributed by atoms with Crippen LogP contribution >= 0.6 is 0 Å². The van der Waals surface area contributed by atoms with Crippen molar-refractivity contribution in [3.8, 4) is 28.4 Å². The van der Waals surface area contributed by atoms with Gasteiger partial charge in [-0.1, -0.05) is 12.1 Å². The molecule has 0 atom stereocenters. The molecule has 1 heterocycles. The monoisotopic (exact) mass is 444 g/mol. The summed E-state index contributed by atoms with van der Waals surface area (Å²) in [5.74, 6) is -0.218. The molecule has 3 aromatic rings. The van der Waals surface area contributed by atoms with E-state index in [2.05, 4.69) is 0 Å². The minimum absolute atomic E-state index is 0.0229. The molecule has 0 saturated heterocycles. The van der Waals surface area contributed by atoms with E-state index in [0.29, 0.717) is 5.56 Å². The van der Waals surface area contributed by atoms with Crippen molar-refractivity contribution in [3.05, 3.63) is 52.9 Å². The molecule has 0 aliphatic rings. The minimum atomic E-state index is -0.831. The van der Waals surface area contributed by atoms with E-state index in [1.165, 1.54) is 52.8 Å². The molecule has 2 aromatic carbocycles. The summed E-state index contributed by atoms with van der Waals surface area (Å²) in [6.45, 7) is 0. The molecule has 0 unspecified atom stereocenters. The average Bonchev–Trinajstić information content (AvgIpc) is 2.78. The number of nitrogens with zero attached hydrogens (tertiary/aromatic N) is 2. The van der Waals surface area contributed by atoms with Crippen LogP contribution in [0.4, 0.5) is 9.59 Å². The van der Waals surface area contributed by atoms with E-state index in [4.69, 9.17) is 23.6 Å². The molecule has 0 saturated carbocycles. The molecule has 168 valence electrons. The summed E-state index contributed by atoms with van der Waals surface area (Å²) in [6.07, 6.45) is -0.331. The van der Waals surface area contributed by atoms with Gasteiger partial charge in [-0.2, -0.15) is 10.1 Å². The Morgan fingerprint density at radius 1 is 0.906 bits per heavy atom. The molecule has 0 bridgehead atoms. The average molecular weight is 444 g/mol. The first-order valence-electron chi connectivity index (χ1n) is 9.13. The number of hydrogen-bond donors (Lipinski definition) is 1. The Balaban J connectivity index is 1.90. The van der Waals surface area contributed by atoms with Crippen LogP contribution in [-0.4, -0.2) is 55.7 Å². The number of aromatic hydroxyl groups is 1. The number of ether oxygens (including phenoxy) is 2. The highest BCUT2D eigenvalue weighted by molar-refractivity contribution is 5.88. The highest BCUT2D eigenvalue weighted by Gasteiger charge is 2.18. The van der Waals surface area contributed by atoms with E-state index in [0.717, 1.165) is 16.2 Å². The van der Waals surface area contributed by atoms with Crippen molar-refractivity contribution >= 4 is 23.2 Å². The number of rotatable bonds is 5. The van der Waals surface area contributed by atoms with Crippen LogP contribution in [0.25, 0.3) is 22.1 Å². The van der Waals surface area contributed by atoms with Crippen LogP contribution < -0.4 is 14.9 Å². The number of fused-ring (bicyclic) bond motifs is 1. The van der Waals surface area contributed by atoms with Crippen molar-refractivity contribution < 1.29 is 38.3 Å². The molecule has 32 heavy (non-hydrogen) atoms. The fourth-order valence-electron chi connectivity index (χ4n) is 2.65. The predicted octanol–water partition coefficient (Wildman–Crippen LogP) is 3.15. The largest absolute Gasteiger partial charge is 0.507 e. The third kappa shape index (κ3) is 4.63. The van der Waals surface area contributed by atoms with Crippen LogP contribution in [0.3, 0.4) is 0 Å². The van der Waals surface area contributed by atoms with Crippen molar-refractivity contribution in [1.29, 1.82) is 0 Å². The van der Waals surface area contributed by atoms with Gasteiger partial charge < -0.3 is 19.0 Å². The molecule has 0 fully saturated rings. The first kappa shape index (κ1) is 22.6. The van der Waals surface area contributed by atoms with Gasteiger partial charge in [0.15, 0.2) is 0 Å². The standard InChI is InChI=1S/C21H20N2O9/c1-22(28-3)20(26)31-13-7-5-12(6-8-13)15-11-30-17-10-14(32-21(27)23(2)29-4)9-16(24)18(17)19(15)25/h5-11,24H,1-4H3. The molecule has 0 aliphatic carbocycles. The first-order valence-corrected chi connectivity index (χ1v) is 9.13. The second kappa shape index (κ2) is 9.37. The predicted molar refractivity (Wildman–Crippen MR) is 111 cm³/mol. The molecule has 11 heteroatoms. The van der Waals surface area contributed by atoms with Crippen molar-refractivity contribution in [2.75, 3.05) is 28.3 Å². The number of phenols is 1. The lowest BCUT2D eigenvalue weighted by molar-refractivity contribution is -0.0790. The minimum Gasteiger partial charge on any atom is -0.507 e. The highest BCUT2D eigenvalue weighted by atomic mass is 16.7. The van der Waals surface area contributed by atoms with Crippen molar-refractivity contribution in [2.24, 2.45) is 0 Å². The molecule has 0 radical (unpaired) electrons. The topological polar surface area (TPSA) is 128 Å². The first-order chi connectivity index (χ1) is 15.2. The zero-order valence-corrected chi connectivity index (χ0v) is 17.6. The highest BCUT2D eigenvalue weighted by Crippen LogP contribution is 2.31. The van der Waals surface area contributed by atoms with Gasteiger partial charge in [-0.25, -0.2) is 9.59 Å². The maximum Gasteiger partial charge on any atom is 0.439 e. The third-order valence-electron chi connectivity index (χ3n) is 4.47. The van der Waals surface area contributed by atoms with Gasteiger partial charge in [0.25, 0.3) is 0 Å². The van der Waals surface area contributed by atoms with Gasteiger partial charge in [0, 0.05) is 26.2 Å². The van der Waals surface area contributed by atoms with E-state index in [9.17, 15) is 19.5 Å². The molecule has 11 nitrogen and oxygen atoms in total. The fourth-order valence-corrected chi connectivity index (χ4v) is 2.65. The lowest BCUT2D eigenvalue weighted by Crippen LogP contribution is -2.28. The second-order valence-corrected chi connectivity index (χ2v) is 6.41. The molecule has 1 aromatic heterocycles. The Bertz CT molecular complexity index is 1200. The molecular formula is C21H20N2O9. The summed E-state index contributed by atoms with van der Waals surface area (Å²) < 4.78 is 15.7. The SMILES string of the molecule is CON(C)C(=O)Oc1ccc(-c2coc3cc(OC(=O)N(C)OC)cc(O)c3c2=O)cc1. The summed E-state index contributed by atoms with van der Waals surface area (Å²) in [6, 6.07) is 8.53. The van der Waals surface area contributed by atoms with Crippen LogP contribution in [0.1, 0.15) is 0 Å². The van der Waals surface area contributed by atoms with E-state index >= 15 is 0 Å². The quantitative estimate of drug-likeness (QED) is 0.590. The summed E-state index contributed by atoms with van der Waals surface area (Å²) in [4.78, 5) is 46.0. The van der Waals surface area contributed by atoms with Crippen LogP contribution in [-0.2, 0) is 9.68 Å². The fraction of sp³-hybridized carbons (Fsp3) is 0.190. The summed E-state index contributed by atoms with van der Waals surface area (Å²) in [5, 5.41) is 12.0. The zero-order chi connectivity index (χ0) is 23.4. The van der Waals surface area contributed by atoms with Gasteiger partial charge in [0.2, 0.25) is 5.43 Å². The molecule has 2 amide bonds. The van der Waals surface area contributed by atoms with E-state index in [1.807, 2.05) is 0 Å². The number of benzene rings is 2. The second-order valence-electron chi connectivity index (χ2n) is 6.41. The lowest BCUT2D eigenvalue weighted by atomic mass is 10.0. The van der Waals surface area contributed by atoms with Crippen LogP contribution in [0.15, 0.2) is 51.9 Å². The number of carbonyl (C=O) groups is 2. The van der Waals surface area contributed by atoms with Crippen LogP contribution in [0.5, 0.6) is 17.2 Å². The van der Waals surface area contributed by atoms with E-state index in [1.54, 1.807) is 12.1 Å². The number of amides is 2. The Morgan fingerprint density at radius 3 is 2.03 bits per heavy atom. The summed E-state index contributed by atoms with van der Waals surface area (Å²) in [5.41, 5.74) is 0.162. The third-order valence-corrected chi connectivity index (χ3v) is 4.47. The number of carbonyl (C=O) groups excluding carboxylic acids is 2. The molecule has 0 spiro atoms. The van der Waals surface area contributed by atoms with Gasteiger partial charge in [0.05, 0.1) is 19.8 Å². The van der Waals surface area contributed by atoms with Crippen molar-refractivity contribution in [1.82, 2.24) is 10.1 Å². The summed E-state index contributed by atoms with van der Waals surface area (Å²) in [7, 11) is 5.35. The van der Waals surface area contributed by atoms with E-state index < -0.39 is 23.4 Å². The smallest absolute Gasteiger partial charge is 0.439 e. The van der Waals surface area contributed by atoms with Crippen molar-refractivity contribution in [3.63, 3.8) is 0 Å². The normalized spacial score (nSPS) is 10.6. The lowest BCUT2D eigenvalue weighted by Gasteiger charge is -2.14. The number of hydroxylamine groups is 4. The Hall–Kier alpha value is -4.09. The molecule has 3 rings (SSSR count). The maximum absolute atomic E-state index is 13.0. The molecule has 1 N–H and O–H groups in total. The van der Waals surface area contributed by atoms with Gasteiger partial charge >= 0.3 is 12.2 Å². The van der Waals surface area contributed by atoms with Gasteiger partial charge in [-0.05, 0) is 17.7 Å². The Kier molecular flexibility index (Phi) is 6.61. The van der Waals surface area contributed by atoms with Crippen LogP contribution in [0.2, 0.25) is 0 Å². The van der Waals surface area contributed by atoms with Gasteiger partial charge in [-0.15, -0.1) is 0 Å². The van der Waals surface area contributed by atoms with Crippen LogP contribution in [0, 0.1) is 0 Å². The Labute approximate surface area is 181 Å². The number of phenolic OH excluding ortho intramolecular Hbond substituents is 1. The Morgan fingerprint density at radius 2 is 1.47 bits per heavy atom. The van der Waals surface area contributed by atoms with Crippen molar-refractivity contribution in [2.45, 2.75) is 0 Å². The zero-order valence-electron chi connectivity index (χ0n) is 17.6. The van der Waals surface area contributed by atoms with Gasteiger partial charge in [0.1, 0.15) is 34.5 Å². The molecule has 0 aliphatic heterocycles.